The van der Waals surface area contributed by atoms with Gasteiger partial charge < -0.3 is 24.1 Å². The minimum absolute atomic E-state index is 0.0690. The molecule has 1 heterocycles. The molecule has 0 aliphatic heterocycles. The number of pyridine rings is 1. The first-order chi connectivity index (χ1) is 16.4. The van der Waals surface area contributed by atoms with E-state index >= 15 is 0 Å². The van der Waals surface area contributed by atoms with Gasteiger partial charge in [0.05, 0.1) is 33.4 Å². The van der Waals surface area contributed by atoms with Crippen LogP contribution in [0.25, 0.3) is 10.9 Å². The van der Waals surface area contributed by atoms with E-state index < -0.39 is 0 Å². The quantitative estimate of drug-likeness (QED) is 0.434. The van der Waals surface area contributed by atoms with Gasteiger partial charge in [-0.25, -0.2) is 0 Å². The number of hydrogen-bond donors (Lipinski definition) is 1. The molecule has 0 aliphatic rings. The normalized spacial score (nSPS) is 10.7. The number of aryl methyl sites for hydroxylation is 1. The summed E-state index contributed by atoms with van der Waals surface area (Å²) < 4.78 is 16.0. The zero-order chi connectivity index (χ0) is 24.2. The second kappa shape index (κ2) is 9.70. The van der Waals surface area contributed by atoms with E-state index in [1.165, 1.54) is 14.2 Å². The monoisotopic (exact) mass is 458 g/mol. The molecule has 0 atom stereocenters. The molecule has 4 rings (SSSR count). The van der Waals surface area contributed by atoms with Crippen LogP contribution in [0.15, 0.2) is 71.5 Å². The van der Waals surface area contributed by atoms with Crippen LogP contribution in [0.2, 0.25) is 0 Å². The number of rotatable bonds is 7. The Morgan fingerprint density at radius 1 is 0.882 bits per heavy atom. The van der Waals surface area contributed by atoms with Crippen molar-refractivity contribution >= 4 is 22.5 Å². The number of nitrogens with one attached hydrogen (secondary N) is 1. The molecule has 0 saturated carbocycles. The highest BCUT2D eigenvalue weighted by Gasteiger charge is 2.22. The fourth-order valence-corrected chi connectivity index (χ4v) is 3.90. The van der Waals surface area contributed by atoms with Crippen LogP contribution in [-0.2, 0) is 6.54 Å². The van der Waals surface area contributed by atoms with Crippen molar-refractivity contribution in [3.05, 3.63) is 93.8 Å². The van der Waals surface area contributed by atoms with Crippen molar-refractivity contribution in [2.75, 3.05) is 26.2 Å². The Morgan fingerprint density at radius 3 is 2.38 bits per heavy atom. The summed E-state index contributed by atoms with van der Waals surface area (Å²) >= 11 is 0. The average molecular weight is 459 g/mol. The van der Waals surface area contributed by atoms with Gasteiger partial charge in [0.25, 0.3) is 11.5 Å². The molecule has 0 fully saturated rings. The van der Waals surface area contributed by atoms with Crippen LogP contribution in [-0.4, -0.2) is 32.2 Å². The van der Waals surface area contributed by atoms with Crippen molar-refractivity contribution in [2.24, 2.45) is 0 Å². The Bertz CT molecular complexity index is 1410. The minimum atomic E-state index is -0.294. The lowest BCUT2D eigenvalue weighted by Gasteiger charge is -2.24. The maximum atomic E-state index is 13.7. The summed E-state index contributed by atoms with van der Waals surface area (Å²) in [5.74, 6) is 1.27. The van der Waals surface area contributed by atoms with E-state index in [1.807, 2.05) is 31.2 Å². The summed E-state index contributed by atoms with van der Waals surface area (Å²) in [6.45, 7) is 2.01. The van der Waals surface area contributed by atoms with Crippen molar-refractivity contribution in [2.45, 2.75) is 13.5 Å². The molecule has 1 amide bonds. The van der Waals surface area contributed by atoms with Crippen LogP contribution in [0.3, 0.4) is 0 Å². The first-order valence-electron chi connectivity index (χ1n) is 10.7. The SMILES string of the molecule is COc1cccc(N(Cc2cc3cccc(C)c3[nH]c2=O)C(=O)c2ccc(OC)c(OC)c2)c1. The molecule has 174 valence electrons. The number of H-pyrrole nitrogens is 1. The van der Waals surface area contributed by atoms with E-state index in [4.69, 9.17) is 14.2 Å². The molecule has 0 spiro atoms. The fourth-order valence-electron chi connectivity index (χ4n) is 3.90. The Kier molecular flexibility index (Phi) is 6.54. The van der Waals surface area contributed by atoms with Gasteiger partial charge in [0.1, 0.15) is 5.75 Å². The van der Waals surface area contributed by atoms with E-state index in [1.54, 1.807) is 54.5 Å². The van der Waals surface area contributed by atoms with Crippen LogP contribution in [0.4, 0.5) is 5.69 Å². The molecule has 0 saturated heterocycles. The highest BCUT2D eigenvalue weighted by Crippen LogP contribution is 2.30. The molecule has 0 bridgehead atoms. The number of hydrogen-bond acceptors (Lipinski definition) is 5. The summed E-state index contributed by atoms with van der Waals surface area (Å²) in [6, 6.07) is 19.8. The van der Waals surface area contributed by atoms with Crippen LogP contribution in [0, 0.1) is 6.92 Å². The predicted octanol–water partition coefficient (Wildman–Crippen LogP) is 4.71. The number of carbonyl (C=O) groups excluding carboxylic acids is 1. The van der Waals surface area contributed by atoms with Crippen LogP contribution in [0.1, 0.15) is 21.5 Å². The van der Waals surface area contributed by atoms with Gasteiger partial charge in [0.15, 0.2) is 11.5 Å². The lowest BCUT2D eigenvalue weighted by atomic mass is 10.1. The van der Waals surface area contributed by atoms with E-state index in [0.717, 1.165) is 16.5 Å². The number of amides is 1. The number of benzene rings is 3. The molecule has 4 aromatic rings. The van der Waals surface area contributed by atoms with Gasteiger partial charge in [-0.3, -0.25) is 9.59 Å². The topological polar surface area (TPSA) is 80.9 Å². The van der Waals surface area contributed by atoms with Crippen molar-refractivity contribution in [3.63, 3.8) is 0 Å². The summed E-state index contributed by atoms with van der Waals surface area (Å²) in [4.78, 5) is 31.2. The highest BCUT2D eigenvalue weighted by molar-refractivity contribution is 6.06. The maximum Gasteiger partial charge on any atom is 0.258 e. The average Bonchev–Trinajstić information content (AvgIpc) is 2.87. The number of ether oxygens (including phenoxy) is 3. The summed E-state index contributed by atoms with van der Waals surface area (Å²) in [5, 5.41) is 0.902. The van der Waals surface area contributed by atoms with Gasteiger partial charge in [-0.15, -0.1) is 0 Å². The third-order valence-corrected chi connectivity index (χ3v) is 5.73. The van der Waals surface area contributed by atoms with Crippen molar-refractivity contribution in [1.82, 2.24) is 4.98 Å². The highest BCUT2D eigenvalue weighted by atomic mass is 16.5. The number of aromatic amines is 1. The third kappa shape index (κ3) is 4.45. The summed E-state index contributed by atoms with van der Waals surface area (Å²) in [6.07, 6.45) is 0. The van der Waals surface area contributed by atoms with E-state index in [-0.39, 0.29) is 18.0 Å². The van der Waals surface area contributed by atoms with E-state index in [9.17, 15) is 9.59 Å². The first kappa shape index (κ1) is 22.9. The lowest BCUT2D eigenvalue weighted by molar-refractivity contribution is 0.0984. The number of nitrogens with zero attached hydrogens (tertiary/aromatic N) is 1. The molecule has 7 nitrogen and oxygen atoms in total. The molecular weight excluding hydrogens is 432 g/mol. The van der Waals surface area contributed by atoms with Crippen molar-refractivity contribution in [1.29, 1.82) is 0 Å². The molecule has 1 N–H and O–H groups in total. The van der Waals surface area contributed by atoms with Crippen molar-refractivity contribution in [3.8, 4) is 17.2 Å². The molecule has 34 heavy (non-hydrogen) atoms. The van der Waals surface area contributed by atoms with Crippen molar-refractivity contribution < 1.29 is 19.0 Å². The number of carbonyl (C=O) groups is 1. The van der Waals surface area contributed by atoms with E-state index in [2.05, 4.69) is 4.98 Å². The predicted molar refractivity (Wildman–Crippen MR) is 132 cm³/mol. The molecule has 0 aliphatic carbocycles. The summed E-state index contributed by atoms with van der Waals surface area (Å²) in [7, 11) is 4.62. The number of fused-ring (bicyclic) bond motifs is 1. The Balaban J connectivity index is 1.81. The summed E-state index contributed by atoms with van der Waals surface area (Å²) in [5.41, 5.74) is 2.99. The van der Waals surface area contributed by atoms with Gasteiger partial charge in [-0.2, -0.15) is 0 Å². The number of aromatic nitrogens is 1. The van der Waals surface area contributed by atoms with Gasteiger partial charge in [0.2, 0.25) is 0 Å². The zero-order valence-corrected chi connectivity index (χ0v) is 19.5. The molecular formula is C27H26N2O5. The minimum Gasteiger partial charge on any atom is -0.497 e. The lowest BCUT2D eigenvalue weighted by Crippen LogP contribution is -2.33. The molecule has 0 radical (unpaired) electrons. The standard InChI is InChI=1S/C27H26N2O5/c1-17-7-5-8-18-13-20(26(30)28-25(17)18)16-29(21-9-6-10-22(15-21)32-2)27(31)19-11-12-23(33-3)24(14-19)34-4/h5-15H,16H2,1-4H3,(H,28,30). The third-order valence-electron chi connectivity index (χ3n) is 5.73. The molecule has 1 aromatic heterocycles. The van der Waals surface area contributed by atoms with Gasteiger partial charge in [0, 0.05) is 22.9 Å². The van der Waals surface area contributed by atoms with Crippen LogP contribution in [0.5, 0.6) is 17.2 Å². The maximum absolute atomic E-state index is 13.7. The van der Waals surface area contributed by atoms with Gasteiger partial charge in [-0.05, 0) is 54.3 Å². The fraction of sp³-hybridized carbons (Fsp3) is 0.185. The largest absolute Gasteiger partial charge is 0.497 e. The second-order valence-corrected chi connectivity index (χ2v) is 7.83. The second-order valence-electron chi connectivity index (χ2n) is 7.83. The van der Waals surface area contributed by atoms with Gasteiger partial charge in [-0.1, -0.05) is 24.3 Å². The number of para-hydroxylation sites is 1. The van der Waals surface area contributed by atoms with Crippen LogP contribution < -0.4 is 24.7 Å². The smallest absolute Gasteiger partial charge is 0.258 e. The molecule has 3 aromatic carbocycles. The number of methoxy groups -OCH3 is 3. The van der Waals surface area contributed by atoms with Gasteiger partial charge >= 0.3 is 0 Å². The Labute approximate surface area is 197 Å². The van der Waals surface area contributed by atoms with E-state index in [0.29, 0.717) is 34.1 Å². The molecule has 7 heteroatoms. The first-order valence-corrected chi connectivity index (χ1v) is 10.7. The Hall–Kier alpha value is -4.26. The zero-order valence-electron chi connectivity index (χ0n) is 19.5. The molecule has 0 unspecified atom stereocenters. The van der Waals surface area contributed by atoms with Crippen LogP contribution >= 0.6 is 0 Å². The number of anilines is 1. The Morgan fingerprint density at radius 2 is 1.65 bits per heavy atom.